The van der Waals surface area contributed by atoms with Gasteiger partial charge in [0, 0.05) is 105 Å². The maximum atomic E-state index is 14.8. The summed E-state index contributed by atoms with van der Waals surface area (Å²) in [6.07, 6.45) is 3.12. The SMILES string of the molecule is C[C@H](O)[C@H]1NC(=O)[C@@H](Cc2cnc[nH]2)CC(=O)[C@@H](CO)NC(=O)[C@@H](Cc2cnc[nH]2)NC(=O)[C@@H](NC(=O)CC[C@H](CC(=O)c2ccc(NCc3cnc4nc(N)[nH]c(=O)c4n3)cc2)C(=O)O)Cc2cn(nn2)CCCC[C@@H](C(=O)NCC(=O)C[C@@H](Cc2ccccc2)C(=O)N[C@@H](CCCCNC(=O)CON)C(=O)O)NC(=O)[C@@H](C)NC1=O. The summed E-state index contributed by atoms with van der Waals surface area (Å²) >= 11 is 0. The van der Waals surface area contributed by atoms with Gasteiger partial charge in [0.05, 0.1) is 67.9 Å². The molecule has 0 fully saturated rings. The second-order valence-electron chi connectivity index (χ2n) is 28.1. The number of carboxylic acids is 2. The van der Waals surface area contributed by atoms with Crippen LogP contribution in [0.1, 0.15) is 123 Å². The number of nitrogens with one attached hydrogen (secondary N) is 13. The highest BCUT2D eigenvalue weighted by atomic mass is 16.6. The van der Waals surface area contributed by atoms with Crippen molar-refractivity contribution in [2.45, 2.75) is 172 Å². The molecule has 43 heteroatoms. The maximum absolute atomic E-state index is 14.8. The second-order valence-corrected chi connectivity index (χ2v) is 28.1. The van der Waals surface area contributed by atoms with E-state index in [1.807, 2.05) is 0 Å². The minimum absolute atomic E-state index is 0.0298. The van der Waals surface area contributed by atoms with Crippen LogP contribution in [0, 0.1) is 17.8 Å². The number of nitrogen functional groups attached to an aromatic ring is 1. The number of aliphatic carboxylic acids is 2. The van der Waals surface area contributed by atoms with Gasteiger partial charge in [-0.25, -0.2) is 30.6 Å². The van der Waals surface area contributed by atoms with Crippen molar-refractivity contribution in [3.63, 3.8) is 0 Å². The quantitative estimate of drug-likeness (QED) is 0.0106. The number of anilines is 2. The van der Waals surface area contributed by atoms with Gasteiger partial charge in [-0.2, -0.15) is 4.98 Å². The first-order valence-electron chi connectivity index (χ1n) is 37.6. The molecule has 7 aromatic rings. The molecule has 1 aliphatic rings. The number of nitrogens with two attached hydrogens (primary N) is 2. The number of unbranched alkanes of at least 4 members (excludes halogenated alkanes) is 1. The average Bonchev–Trinajstić information content (AvgIpc) is 1.04. The number of amides is 9. The van der Waals surface area contributed by atoms with E-state index in [1.165, 1.54) is 61.2 Å². The van der Waals surface area contributed by atoms with Crippen LogP contribution in [0.5, 0.6) is 0 Å². The Hall–Kier alpha value is -13.2. The number of aromatic amines is 3. The number of nitrogens with zero attached hydrogens (tertiary/aromatic N) is 8. The Morgan fingerprint density at radius 3 is 2.13 bits per heavy atom. The summed E-state index contributed by atoms with van der Waals surface area (Å²) in [5.41, 5.74) is 7.32. The number of carbonyl (C=O) groups is 14. The minimum atomic E-state index is -1.82. The molecule has 8 rings (SSSR count). The van der Waals surface area contributed by atoms with Crippen LogP contribution in [0.25, 0.3) is 11.2 Å². The number of carbonyl (C=O) groups excluding carboxylic acids is 12. The molecule has 0 saturated carbocycles. The molecule has 9 amide bonds. The summed E-state index contributed by atoms with van der Waals surface area (Å²) in [4.78, 5) is 238. The van der Waals surface area contributed by atoms with Gasteiger partial charge in [-0.15, -0.1) is 5.10 Å². The highest BCUT2D eigenvalue weighted by Gasteiger charge is 2.37. The zero-order valence-electron chi connectivity index (χ0n) is 63.9. The third-order valence-electron chi connectivity index (χ3n) is 18.9. The van der Waals surface area contributed by atoms with Crippen LogP contribution >= 0.6 is 0 Å². The van der Waals surface area contributed by atoms with Crippen LogP contribution in [0.15, 0.2) is 96.8 Å². The van der Waals surface area contributed by atoms with Gasteiger partial charge in [0.2, 0.25) is 59.1 Å². The lowest BCUT2D eigenvalue weighted by Crippen LogP contribution is -2.59. The predicted molar refractivity (Wildman–Crippen MR) is 410 cm³/mol. The van der Waals surface area contributed by atoms with Crippen molar-refractivity contribution in [3.05, 3.63) is 136 Å². The van der Waals surface area contributed by atoms with Crippen molar-refractivity contribution in [1.82, 2.24) is 103 Å². The van der Waals surface area contributed by atoms with Crippen LogP contribution in [-0.4, -0.2) is 232 Å². The number of imidazole rings is 2. The van der Waals surface area contributed by atoms with E-state index in [-0.39, 0.29) is 112 Å². The number of hydrogen-bond acceptors (Lipinski definition) is 28. The minimum Gasteiger partial charge on any atom is -0.481 e. The fourth-order valence-electron chi connectivity index (χ4n) is 12.5. The molecule has 0 unspecified atom stereocenters. The van der Waals surface area contributed by atoms with Crippen molar-refractivity contribution in [3.8, 4) is 0 Å². The molecule has 11 atom stereocenters. The lowest BCUT2D eigenvalue weighted by atomic mass is 9.92. The molecule has 5 aromatic heterocycles. The van der Waals surface area contributed by atoms with Gasteiger partial charge in [0.15, 0.2) is 28.5 Å². The summed E-state index contributed by atoms with van der Waals surface area (Å²) in [6.45, 7) is 0.549. The van der Waals surface area contributed by atoms with Crippen molar-refractivity contribution in [1.29, 1.82) is 0 Å². The molecule has 2 aromatic carbocycles. The first-order chi connectivity index (χ1) is 56.0. The Morgan fingerprint density at radius 1 is 0.735 bits per heavy atom. The Morgan fingerprint density at radius 2 is 1.45 bits per heavy atom. The Labute approximate surface area is 666 Å². The van der Waals surface area contributed by atoms with E-state index in [2.05, 4.69) is 108 Å². The molecule has 0 radical (unpaired) electrons. The molecule has 0 spiro atoms. The van der Waals surface area contributed by atoms with E-state index in [0.29, 0.717) is 29.1 Å². The third kappa shape index (κ3) is 28.4. The third-order valence-corrected chi connectivity index (χ3v) is 18.9. The second kappa shape index (κ2) is 44.5. The molecule has 21 N–H and O–H groups in total. The highest BCUT2D eigenvalue weighted by molar-refractivity contribution is 6.00. The van der Waals surface area contributed by atoms with Gasteiger partial charge in [-0.3, -0.25) is 81.6 Å². The van der Waals surface area contributed by atoms with E-state index < -0.39 is 206 Å². The van der Waals surface area contributed by atoms with Crippen LogP contribution in [0.4, 0.5) is 11.6 Å². The number of aliphatic hydroxyl groups is 2. The topological polar surface area (TPSA) is 661 Å². The normalized spacial score (nSPS) is 19.3. The molecule has 6 heterocycles. The van der Waals surface area contributed by atoms with E-state index in [4.69, 9.17) is 11.6 Å². The summed E-state index contributed by atoms with van der Waals surface area (Å²) in [5, 5.41) is 76.3. The van der Waals surface area contributed by atoms with Gasteiger partial charge in [0.25, 0.3) is 5.56 Å². The fraction of sp³-hybridized carbons (Fsp3) is 0.459. The number of aromatic nitrogens is 11. The first-order valence-corrected chi connectivity index (χ1v) is 37.6. The van der Waals surface area contributed by atoms with E-state index in [9.17, 15) is 92.3 Å². The van der Waals surface area contributed by atoms with Gasteiger partial charge >= 0.3 is 11.9 Å². The zero-order valence-corrected chi connectivity index (χ0v) is 63.9. The molecule has 2 bridgehead atoms. The summed E-state index contributed by atoms with van der Waals surface area (Å²) in [7, 11) is 0. The molecular formula is C74H95N23O20. The van der Waals surface area contributed by atoms with Crippen LogP contribution < -0.4 is 70.4 Å². The largest absolute Gasteiger partial charge is 0.481 e. The van der Waals surface area contributed by atoms with Crippen LogP contribution in [-0.2, 0) is 106 Å². The summed E-state index contributed by atoms with van der Waals surface area (Å²) in [5.74, 6) is -12.5. The molecular weight excluding hydrogens is 1530 g/mol. The lowest BCUT2D eigenvalue weighted by Gasteiger charge is -2.27. The number of carboxylic acid groups (broad SMARTS) is 2. The summed E-state index contributed by atoms with van der Waals surface area (Å²) in [6, 6.07) is 3.30. The Kier molecular flexibility index (Phi) is 34.0. The molecule has 0 saturated heterocycles. The van der Waals surface area contributed by atoms with Crippen LogP contribution in [0.2, 0.25) is 0 Å². The van der Waals surface area contributed by atoms with Gasteiger partial charge in [0.1, 0.15) is 48.9 Å². The predicted octanol–water partition coefficient (Wildman–Crippen LogP) is -3.53. The highest BCUT2D eigenvalue weighted by Crippen LogP contribution is 2.22. The number of rotatable bonds is 34. The number of Topliss-reactive ketones (excluding diaryl/α,β-unsaturated/α-hetero) is 3. The van der Waals surface area contributed by atoms with Crippen molar-refractivity contribution in [2.75, 3.05) is 37.4 Å². The fourth-order valence-corrected chi connectivity index (χ4v) is 12.5. The number of ketones is 3. The number of aryl methyl sites for hydroxylation is 1. The van der Waals surface area contributed by atoms with Crippen molar-refractivity contribution in [2.24, 2.45) is 23.7 Å². The molecule has 0 aliphatic carbocycles. The standard InChI is InChI=1S/C74H95N23O20/c1-39-64(105)88-52(67(108)82-33-51(100)24-44(22-41-10-4-3-5-11-41)65(106)89-53(73(115)116)13-6-8-20-79-60(104)36-117-76)12-7-9-21-97-34-49(95-96-97)28-54(87-59(103)19-16-43(72(113)114)25-57(101)42-14-17-46(18-15-42)80-31-50-32-81-63-62(86-50)71(112)94-74(75)93-63)68(109)90-55(27-48-30-78-38-84-48)69(110)91-56(35-98)58(102)26-45(23-47-29-77-37-83-47)66(107)92-61(40(2)99)70(111)85-39/h3-5,10-11,14-15,17-18,29-30,32,34,37-40,43-45,52-56,61,80,98-99H,6-9,12-13,16,19-28,31,33,35-36,76H2,1-2H3,(H,77,83)(H,78,84)(H,79,104)(H,82,108)(H,85,111)(H,87,103)(H,88,105)(H,89,106)(H,90,109)(H,91,110)(H,92,107)(H,113,114)(H,115,116)(H3,75,81,93,94,112)/t39-,40+,43-,44-,45+,52+,53+,54+,55-,56-,61-/m1/s1. The number of aliphatic hydroxyl groups excluding tert-OH is 2. The van der Waals surface area contributed by atoms with Gasteiger partial charge in [-0.05, 0) is 95.0 Å². The van der Waals surface area contributed by atoms with E-state index in [0.717, 1.165) is 6.92 Å². The van der Waals surface area contributed by atoms with Crippen molar-refractivity contribution >= 4 is 105 Å². The molecule has 1 aliphatic heterocycles. The van der Waals surface area contributed by atoms with E-state index in [1.54, 1.807) is 42.5 Å². The van der Waals surface area contributed by atoms with E-state index >= 15 is 0 Å². The average molecular weight is 1630 g/mol. The van der Waals surface area contributed by atoms with Gasteiger partial charge in [-0.1, -0.05) is 35.5 Å². The number of H-pyrrole nitrogens is 3. The smallest absolute Gasteiger partial charge is 0.326 e. The maximum Gasteiger partial charge on any atom is 0.326 e. The van der Waals surface area contributed by atoms with Gasteiger partial charge < -0.3 is 89.3 Å². The monoisotopic (exact) mass is 1630 g/mol. The first kappa shape index (κ1) is 89.4. The van der Waals surface area contributed by atoms with Crippen LogP contribution in [0.3, 0.4) is 0 Å². The zero-order chi connectivity index (χ0) is 84.7. The molecule has 43 nitrogen and oxygen atoms in total. The molecule has 626 valence electrons. The summed E-state index contributed by atoms with van der Waals surface area (Å²) < 4.78 is 1.35. The number of benzene rings is 2. The molecule has 117 heavy (non-hydrogen) atoms. The Balaban J connectivity index is 1.01. The number of hydrogen-bond donors (Lipinski definition) is 19. The Bertz CT molecular complexity index is 4660. The lowest BCUT2D eigenvalue weighted by molar-refractivity contribution is -0.143. The van der Waals surface area contributed by atoms with Crippen molar-refractivity contribution < 1.29 is 92.4 Å². The number of fused-ring (bicyclic) bond motifs is 3.